The molecule has 0 amide bonds. The molecule has 1 N–H and O–H groups in total. The molecule has 1 saturated carbocycles. The SMILES string of the molecule is CCCCCCCCCC(NC1CCCC1)C(C)C. The average Bonchev–Trinajstić information content (AvgIpc) is 2.89. The van der Waals surface area contributed by atoms with E-state index < -0.39 is 0 Å². The maximum atomic E-state index is 3.93. The monoisotopic (exact) mass is 267 g/mol. The Bertz CT molecular complexity index is 194. The molecule has 0 bridgehead atoms. The van der Waals surface area contributed by atoms with Crippen molar-refractivity contribution < 1.29 is 0 Å². The largest absolute Gasteiger partial charge is 0.311 e. The van der Waals surface area contributed by atoms with E-state index in [-0.39, 0.29) is 0 Å². The highest BCUT2D eigenvalue weighted by Gasteiger charge is 2.20. The molecular formula is C18H37N. The second-order valence-electron chi connectivity index (χ2n) is 6.91. The van der Waals surface area contributed by atoms with Gasteiger partial charge in [-0.2, -0.15) is 0 Å². The van der Waals surface area contributed by atoms with E-state index in [1.807, 2.05) is 0 Å². The molecule has 1 aliphatic carbocycles. The fourth-order valence-electron chi connectivity index (χ4n) is 3.33. The molecule has 1 atom stereocenters. The minimum Gasteiger partial charge on any atom is -0.311 e. The van der Waals surface area contributed by atoms with E-state index in [0.29, 0.717) is 0 Å². The topological polar surface area (TPSA) is 12.0 Å². The fourth-order valence-corrected chi connectivity index (χ4v) is 3.33. The Morgan fingerprint density at radius 3 is 2.05 bits per heavy atom. The lowest BCUT2D eigenvalue weighted by Crippen LogP contribution is -2.40. The van der Waals surface area contributed by atoms with Gasteiger partial charge in [-0.3, -0.25) is 0 Å². The summed E-state index contributed by atoms with van der Waals surface area (Å²) < 4.78 is 0. The Labute approximate surface area is 121 Å². The van der Waals surface area contributed by atoms with Crippen LogP contribution in [0.2, 0.25) is 0 Å². The minimum atomic E-state index is 0.763. The summed E-state index contributed by atoms with van der Waals surface area (Å²) in [4.78, 5) is 0. The highest BCUT2D eigenvalue weighted by atomic mass is 15.0. The Kier molecular flexibility index (Phi) is 9.59. The molecule has 0 aromatic heterocycles. The molecule has 114 valence electrons. The summed E-state index contributed by atoms with van der Waals surface area (Å²) in [6.45, 7) is 7.06. The zero-order valence-electron chi connectivity index (χ0n) is 13.7. The van der Waals surface area contributed by atoms with Crippen LogP contribution >= 0.6 is 0 Å². The van der Waals surface area contributed by atoms with Gasteiger partial charge in [0.25, 0.3) is 0 Å². The number of hydrogen-bond acceptors (Lipinski definition) is 1. The highest BCUT2D eigenvalue weighted by molar-refractivity contribution is 4.80. The van der Waals surface area contributed by atoms with Gasteiger partial charge >= 0.3 is 0 Å². The summed E-state index contributed by atoms with van der Waals surface area (Å²) >= 11 is 0. The van der Waals surface area contributed by atoms with Crippen LogP contribution < -0.4 is 5.32 Å². The highest BCUT2D eigenvalue weighted by Crippen LogP contribution is 2.21. The Morgan fingerprint density at radius 2 is 1.47 bits per heavy atom. The first-order chi connectivity index (χ1) is 9.24. The fraction of sp³-hybridized carbons (Fsp3) is 1.00. The van der Waals surface area contributed by atoms with Crippen molar-refractivity contribution in [3.63, 3.8) is 0 Å². The van der Waals surface area contributed by atoms with Gasteiger partial charge in [0.15, 0.2) is 0 Å². The van der Waals surface area contributed by atoms with Crippen LogP contribution in [0, 0.1) is 5.92 Å². The van der Waals surface area contributed by atoms with Crippen molar-refractivity contribution in [2.24, 2.45) is 5.92 Å². The summed E-state index contributed by atoms with van der Waals surface area (Å²) in [6, 6.07) is 1.59. The van der Waals surface area contributed by atoms with E-state index in [9.17, 15) is 0 Å². The van der Waals surface area contributed by atoms with Crippen molar-refractivity contribution in [1.82, 2.24) is 5.32 Å². The van der Waals surface area contributed by atoms with Crippen molar-refractivity contribution in [3.8, 4) is 0 Å². The van der Waals surface area contributed by atoms with E-state index in [1.165, 1.54) is 77.0 Å². The third-order valence-electron chi connectivity index (χ3n) is 4.73. The molecule has 0 aliphatic heterocycles. The number of unbranched alkanes of at least 4 members (excludes halogenated alkanes) is 6. The van der Waals surface area contributed by atoms with Crippen LogP contribution in [0.5, 0.6) is 0 Å². The van der Waals surface area contributed by atoms with Gasteiger partial charge in [-0.15, -0.1) is 0 Å². The molecule has 1 aliphatic rings. The predicted octanol–water partition coefficient (Wildman–Crippen LogP) is 5.68. The summed E-state index contributed by atoms with van der Waals surface area (Å²) in [6.07, 6.45) is 17.1. The van der Waals surface area contributed by atoms with Crippen molar-refractivity contribution in [2.75, 3.05) is 0 Å². The van der Waals surface area contributed by atoms with Gasteiger partial charge in [0.1, 0.15) is 0 Å². The smallest absolute Gasteiger partial charge is 0.00926 e. The lowest BCUT2D eigenvalue weighted by Gasteiger charge is -2.26. The van der Waals surface area contributed by atoms with Crippen molar-refractivity contribution >= 4 is 0 Å². The lowest BCUT2D eigenvalue weighted by atomic mass is 9.96. The van der Waals surface area contributed by atoms with Gasteiger partial charge in [0.05, 0.1) is 0 Å². The first-order valence-electron chi connectivity index (χ1n) is 9.00. The molecule has 0 radical (unpaired) electrons. The molecule has 1 unspecified atom stereocenters. The van der Waals surface area contributed by atoms with Crippen LogP contribution in [0.4, 0.5) is 0 Å². The first-order valence-corrected chi connectivity index (χ1v) is 9.00. The number of hydrogen-bond donors (Lipinski definition) is 1. The molecule has 1 rings (SSSR count). The molecule has 19 heavy (non-hydrogen) atoms. The summed E-state index contributed by atoms with van der Waals surface area (Å²) in [5.74, 6) is 0.792. The van der Waals surface area contributed by atoms with Crippen LogP contribution in [0.25, 0.3) is 0 Å². The van der Waals surface area contributed by atoms with E-state index in [0.717, 1.165) is 18.0 Å². The molecular weight excluding hydrogens is 230 g/mol. The van der Waals surface area contributed by atoms with Crippen LogP contribution in [0.1, 0.15) is 97.8 Å². The Balaban J connectivity index is 2.05. The lowest BCUT2D eigenvalue weighted by molar-refractivity contribution is 0.325. The maximum absolute atomic E-state index is 3.93. The van der Waals surface area contributed by atoms with E-state index >= 15 is 0 Å². The summed E-state index contributed by atoms with van der Waals surface area (Å²) in [5, 5.41) is 3.93. The van der Waals surface area contributed by atoms with E-state index in [1.54, 1.807) is 0 Å². The van der Waals surface area contributed by atoms with Crippen LogP contribution in [-0.2, 0) is 0 Å². The molecule has 0 spiro atoms. The van der Waals surface area contributed by atoms with Crippen LogP contribution in [0.3, 0.4) is 0 Å². The zero-order valence-corrected chi connectivity index (χ0v) is 13.7. The number of rotatable bonds is 11. The summed E-state index contributed by atoms with van der Waals surface area (Å²) in [5.41, 5.74) is 0. The first kappa shape index (κ1) is 17.0. The van der Waals surface area contributed by atoms with Crippen LogP contribution in [0.15, 0.2) is 0 Å². The molecule has 0 aromatic rings. The van der Waals surface area contributed by atoms with Gasteiger partial charge in [-0.25, -0.2) is 0 Å². The summed E-state index contributed by atoms with van der Waals surface area (Å²) in [7, 11) is 0. The standard InChI is InChI=1S/C18H37N/c1-4-5-6-7-8-9-10-15-18(16(2)3)19-17-13-11-12-14-17/h16-19H,4-15H2,1-3H3. The molecule has 0 heterocycles. The van der Waals surface area contributed by atoms with Crippen LogP contribution in [-0.4, -0.2) is 12.1 Å². The minimum absolute atomic E-state index is 0.763. The molecule has 1 nitrogen and oxygen atoms in total. The average molecular weight is 268 g/mol. The quantitative estimate of drug-likeness (QED) is 0.475. The third kappa shape index (κ3) is 7.97. The molecule has 0 saturated heterocycles. The second kappa shape index (κ2) is 10.7. The normalized spacial score (nSPS) is 18.3. The van der Waals surface area contributed by atoms with Crippen molar-refractivity contribution in [2.45, 2.75) is 110 Å². The second-order valence-corrected chi connectivity index (χ2v) is 6.91. The van der Waals surface area contributed by atoms with E-state index in [4.69, 9.17) is 0 Å². The molecule has 1 fully saturated rings. The van der Waals surface area contributed by atoms with Gasteiger partial charge in [0, 0.05) is 12.1 Å². The third-order valence-corrected chi connectivity index (χ3v) is 4.73. The van der Waals surface area contributed by atoms with Crippen molar-refractivity contribution in [3.05, 3.63) is 0 Å². The Morgan fingerprint density at radius 1 is 0.895 bits per heavy atom. The van der Waals surface area contributed by atoms with Gasteiger partial charge in [0.2, 0.25) is 0 Å². The van der Waals surface area contributed by atoms with Gasteiger partial charge in [-0.1, -0.05) is 78.6 Å². The predicted molar refractivity (Wildman–Crippen MR) is 86.6 cm³/mol. The van der Waals surface area contributed by atoms with Crippen molar-refractivity contribution in [1.29, 1.82) is 0 Å². The molecule has 1 heteroatoms. The Hall–Kier alpha value is -0.0400. The van der Waals surface area contributed by atoms with Gasteiger partial charge < -0.3 is 5.32 Å². The maximum Gasteiger partial charge on any atom is 0.00926 e. The van der Waals surface area contributed by atoms with E-state index in [2.05, 4.69) is 26.1 Å². The zero-order chi connectivity index (χ0) is 13.9. The van der Waals surface area contributed by atoms with Gasteiger partial charge in [-0.05, 0) is 25.2 Å². The number of nitrogens with one attached hydrogen (secondary N) is 1. The molecule has 0 aromatic carbocycles.